The standard InChI is InChI=1S/C14H17Cl2N5/c15-10-3-4-12(16)11(6-10)13-18-14(20-19-13)21-5-1-2-9(7-17)8-21/h3-4,6,9H,1-2,5,7-8,17H2,(H,18,19,20). The van der Waals surface area contributed by atoms with E-state index in [1.807, 2.05) is 0 Å². The van der Waals surface area contributed by atoms with Crippen molar-refractivity contribution in [2.24, 2.45) is 11.7 Å². The molecule has 1 fully saturated rings. The summed E-state index contributed by atoms with van der Waals surface area (Å²) < 4.78 is 0. The highest BCUT2D eigenvalue weighted by molar-refractivity contribution is 6.35. The van der Waals surface area contributed by atoms with E-state index < -0.39 is 0 Å². The molecule has 3 rings (SSSR count). The predicted molar refractivity (Wildman–Crippen MR) is 85.8 cm³/mol. The molecule has 2 aromatic rings. The number of halogens is 2. The van der Waals surface area contributed by atoms with E-state index in [9.17, 15) is 0 Å². The van der Waals surface area contributed by atoms with E-state index in [1.54, 1.807) is 18.2 Å². The number of benzene rings is 1. The summed E-state index contributed by atoms with van der Waals surface area (Å²) in [6.07, 6.45) is 2.29. The molecule has 112 valence electrons. The van der Waals surface area contributed by atoms with E-state index in [1.165, 1.54) is 6.42 Å². The van der Waals surface area contributed by atoms with Crippen LogP contribution in [0.25, 0.3) is 11.4 Å². The van der Waals surface area contributed by atoms with Crippen molar-refractivity contribution in [3.8, 4) is 11.4 Å². The zero-order valence-corrected chi connectivity index (χ0v) is 13.0. The summed E-state index contributed by atoms with van der Waals surface area (Å²) in [5, 5.41) is 8.46. The van der Waals surface area contributed by atoms with Gasteiger partial charge in [-0.2, -0.15) is 4.98 Å². The fourth-order valence-corrected chi connectivity index (χ4v) is 3.01. The van der Waals surface area contributed by atoms with Gasteiger partial charge in [-0.15, -0.1) is 5.10 Å². The van der Waals surface area contributed by atoms with Gasteiger partial charge in [0, 0.05) is 23.7 Å². The van der Waals surface area contributed by atoms with Gasteiger partial charge in [-0.25, -0.2) is 0 Å². The Labute approximate surface area is 133 Å². The van der Waals surface area contributed by atoms with Crippen molar-refractivity contribution in [3.63, 3.8) is 0 Å². The molecule has 1 aromatic heterocycles. The van der Waals surface area contributed by atoms with Crippen molar-refractivity contribution < 1.29 is 0 Å². The van der Waals surface area contributed by atoms with Gasteiger partial charge in [-0.3, -0.25) is 5.10 Å². The SMILES string of the molecule is NCC1CCCN(c2n[nH]c(-c3cc(Cl)ccc3Cl)n2)C1. The van der Waals surface area contributed by atoms with Crippen LogP contribution in [0.1, 0.15) is 12.8 Å². The van der Waals surface area contributed by atoms with E-state index in [-0.39, 0.29) is 0 Å². The van der Waals surface area contributed by atoms with Crippen molar-refractivity contribution in [3.05, 3.63) is 28.2 Å². The van der Waals surface area contributed by atoms with E-state index in [0.29, 0.717) is 34.3 Å². The van der Waals surface area contributed by atoms with E-state index in [0.717, 1.165) is 25.1 Å². The molecule has 1 unspecified atom stereocenters. The maximum atomic E-state index is 6.19. The minimum atomic E-state index is 0.510. The lowest BCUT2D eigenvalue weighted by Gasteiger charge is -2.31. The highest BCUT2D eigenvalue weighted by atomic mass is 35.5. The first-order valence-corrected chi connectivity index (χ1v) is 7.76. The number of aromatic nitrogens is 3. The molecular formula is C14H17Cl2N5. The predicted octanol–water partition coefficient (Wildman–Crippen LogP) is 2.95. The summed E-state index contributed by atoms with van der Waals surface area (Å²) in [7, 11) is 0. The Morgan fingerprint density at radius 3 is 3.05 bits per heavy atom. The van der Waals surface area contributed by atoms with Gasteiger partial charge >= 0.3 is 0 Å². The van der Waals surface area contributed by atoms with E-state index >= 15 is 0 Å². The minimum absolute atomic E-state index is 0.510. The van der Waals surface area contributed by atoms with Crippen LogP contribution in [0.3, 0.4) is 0 Å². The van der Waals surface area contributed by atoms with Crippen LogP contribution in [0, 0.1) is 5.92 Å². The lowest BCUT2D eigenvalue weighted by atomic mass is 9.99. The van der Waals surface area contributed by atoms with Gasteiger partial charge in [-0.05, 0) is 43.5 Å². The third-order valence-corrected chi connectivity index (χ3v) is 4.36. The molecule has 1 aromatic carbocycles. The summed E-state index contributed by atoms with van der Waals surface area (Å²) in [5.74, 6) is 1.84. The first-order valence-electron chi connectivity index (χ1n) is 7.00. The Morgan fingerprint density at radius 1 is 1.38 bits per heavy atom. The third-order valence-electron chi connectivity index (χ3n) is 3.79. The van der Waals surface area contributed by atoms with Crippen LogP contribution in [0.15, 0.2) is 18.2 Å². The molecule has 0 aliphatic carbocycles. The second-order valence-corrected chi connectivity index (χ2v) is 6.14. The molecule has 1 aliphatic rings. The van der Waals surface area contributed by atoms with Crippen molar-refractivity contribution in [2.45, 2.75) is 12.8 Å². The van der Waals surface area contributed by atoms with Crippen LogP contribution >= 0.6 is 23.2 Å². The van der Waals surface area contributed by atoms with Gasteiger partial charge in [0.1, 0.15) is 0 Å². The normalized spacial score (nSPS) is 19.0. The smallest absolute Gasteiger partial charge is 0.245 e. The van der Waals surface area contributed by atoms with E-state index in [2.05, 4.69) is 20.1 Å². The van der Waals surface area contributed by atoms with Crippen LogP contribution in [0.5, 0.6) is 0 Å². The van der Waals surface area contributed by atoms with Crippen LogP contribution in [-0.2, 0) is 0 Å². The molecule has 21 heavy (non-hydrogen) atoms. The molecule has 0 spiro atoms. The number of nitrogens with one attached hydrogen (secondary N) is 1. The van der Waals surface area contributed by atoms with Crippen molar-refractivity contribution in [1.82, 2.24) is 15.2 Å². The molecule has 7 heteroatoms. The number of rotatable bonds is 3. The second kappa shape index (κ2) is 6.22. The summed E-state index contributed by atoms with van der Waals surface area (Å²) in [6.45, 7) is 2.56. The zero-order valence-electron chi connectivity index (χ0n) is 11.5. The largest absolute Gasteiger partial charge is 0.339 e. The Hall–Kier alpha value is -1.30. The molecule has 0 saturated carbocycles. The molecular weight excluding hydrogens is 309 g/mol. The molecule has 2 heterocycles. The molecule has 0 radical (unpaired) electrons. The fraction of sp³-hybridized carbons (Fsp3) is 0.429. The van der Waals surface area contributed by atoms with Gasteiger partial charge in [0.15, 0.2) is 5.82 Å². The second-order valence-electron chi connectivity index (χ2n) is 5.30. The average molecular weight is 326 g/mol. The molecule has 0 amide bonds. The first-order chi connectivity index (χ1) is 10.2. The molecule has 1 saturated heterocycles. The van der Waals surface area contributed by atoms with Gasteiger partial charge in [-0.1, -0.05) is 23.2 Å². The quantitative estimate of drug-likeness (QED) is 0.910. The number of nitrogens with zero attached hydrogens (tertiary/aromatic N) is 3. The number of nitrogens with two attached hydrogens (primary N) is 1. The van der Waals surface area contributed by atoms with Gasteiger partial charge in [0.2, 0.25) is 5.95 Å². The van der Waals surface area contributed by atoms with Crippen molar-refractivity contribution in [1.29, 1.82) is 0 Å². The summed E-state index contributed by atoms with van der Waals surface area (Å²) >= 11 is 12.2. The maximum absolute atomic E-state index is 6.19. The molecule has 3 N–H and O–H groups in total. The van der Waals surface area contributed by atoms with Crippen LogP contribution in [0.4, 0.5) is 5.95 Å². The third kappa shape index (κ3) is 3.15. The van der Waals surface area contributed by atoms with Crippen molar-refractivity contribution >= 4 is 29.2 Å². The van der Waals surface area contributed by atoms with Crippen molar-refractivity contribution in [2.75, 3.05) is 24.5 Å². The van der Waals surface area contributed by atoms with Gasteiger partial charge in [0.25, 0.3) is 0 Å². The Balaban J connectivity index is 1.84. The molecule has 5 nitrogen and oxygen atoms in total. The Morgan fingerprint density at radius 2 is 2.24 bits per heavy atom. The van der Waals surface area contributed by atoms with E-state index in [4.69, 9.17) is 28.9 Å². The summed E-state index contributed by atoms with van der Waals surface area (Å²) in [6, 6.07) is 5.29. The Kier molecular flexibility index (Phi) is 4.33. The number of hydrogen-bond acceptors (Lipinski definition) is 4. The molecule has 1 aliphatic heterocycles. The number of aromatic amines is 1. The van der Waals surface area contributed by atoms with Crippen LogP contribution < -0.4 is 10.6 Å². The van der Waals surface area contributed by atoms with Crippen LogP contribution in [-0.4, -0.2) is 34.8 Å². The number of hydrogen-bond donors (Lipinski definition) is 2. The highest BCUT2D eigenvalue weighted by Gasteiger charge is 2.22. The minimum Gasteiger partial charge on any atom is -0.339 e. The lowest BCUT2D eigenvalue weighted by molar-refractivity contribution is 0.420. The number of H-pyrrole nitrogens is 1. The average Bonchev–Trinajstić information content (AvgIpc) is 2.99. The zero-order chi connectivity index (χ0) is 14.8. The van der Waals surface area contributed by atoms with Gasteiger partial charge < -0.3 is 10.6 Å². The first kappa shape index (κ1) is 14.6. The van der Waals surface area contributed by atoms with Crippen LogP contribution in [0.2, 0.25) is 10.0 Å². The number of anilines is 1. The molecule has 0 bridgehead atoms. The topological polar surface area (TPSA) is 70.8 Å². The maximum Gasteiger partial charge on any atom is 0.245 e. The molecule has 1 atom stereocenters. The Bertz CT molecular complexity index is 628. The number of piperidine rings is 1. The lowest BCUT2D eigenvalue weighted by Crippen LogP contribution is -2.38. The summed E-state index contributed by atoms with van der Waals surface area (Å²) in [4.78, 5) is 6.72. The fourth-order valence-electron chi connectivity index (χ4n) is 2.63. The van der Waals surface area contributed by atoms with Gasteiger partial charge in [0.05, 0.1) is 5.02 Å². The highest BCUT2D eigenvalue weighted by Crippen LogP contribution is 2.29. The monoisotopic (exact) mass is 325 g/mol. The summed E-state index contributed by atoms with van der Waals surface area (Å²) in [5.41, 5.74) is 6.53.